The number of rotatable bonds is 11. The summed E-state index contributed by atoms with van der Waals surface area (Å²) in [6, 6.07) is 20.4. The molecule has 3 aromatic rings. The van der Waals surface area contributed by atoms with Crippen molar-refractivity contribution in [3.63, 3.8) is 0 Å². The minimum Gasteiger partial charge on any atom is -0.489 e. The number of hydrogen-bond donors (Lipinski definition) is 2. The lowest BCUT2D eigenvalue weighted by Crippen LogP contribution is -2.74. The molecule has 0 spiro atoms. The number of aryl methyl sites for hydroxylation is 1. The van der Waals surface area contributed by atoms with Crippen LogP contribution in [0.2, 0.25) is 5.02 Å². The van der Waals surface area contributed by atoms with Gasteiger partial charge in [-0.1, -0.05) is 63.6 Å². The standard InChI is InChI=1S/C44H48ClN5O5/c1-43(2)41(44(3,4)42(43)55-33-14-12-31(25-46)35(45)24-33)48-38(52)29-10-8-27(9-11-29)7-5-6-20-49-21-18-28(19-22-49)30-13-15-34-32(23-30)26-50(40(34)54)36-16-17-37(51)47-39(36)53/h8-15,18,23-24,36,41-42H,5-7,16-17,19-22,26H2,1-4H3,(H,48,52)(H,47,51,53)/t36?,41-,42-. The number of fused-ring (bicyclic) bond motifs is 1. The third-order valence-corrected chi connectivity index (χ3v) is 12.3. The lowest BCUT2D eigenvalue weighted by atomic mass is 9.49. The zero-order valence-corrected chi connectivity index (χ0v) is 32.7. The summed E-state index contributed by atoms with van der Waals surface area (Å²) in [5, 5.41) is 15.2. The molecule has 11 heteroatoms. The molecule has 3 heterocycles. The Labute approximate surface area is 327 Å². The third-order valence-electron chi connectivity index (χ3n) is 12.0. The number of ether oxygens (including phenoxy) is 1. The van der Waals surface area contributed by atoms with E-state index in [0.29, 0.717) is 40.4 Å². The quantitative estimate of drug-likeness (QED) is 0.164. The number of nitrogens with one attached hydrogen (secondary N) is 2. The van der Waals surface area contributed by atoms with Crippen molar-refractivity contribution in [2.24, 2.45) is 10.8 Å². The third kappa shape index (κ3) is 7.65. The number of hydrogen-bond acceptors (Lipinski definition) is 7. The highest BCUT2D eigenvalue weighted by atomic mass is 35.5. The van der Waals surface area contributed by atoms with Crippen molar-refractivity contribution in [3.05, 3.63) is 105 Å². The Hall–Kier alpha value is -4.98. The van der Waals surface area contributed by atoms with Gasteiger partial charge in [0.25, 0.3) is 11.8 Å². The van der Waals surface area contributed by atoms with E-state index in [9.17, 15) is 24.4 Å². The molecule has 4 amide bonds. The molecule has 1 saturated heterocycles. The van der Waals surface area contributed by atoms with Gasteiger partial charge in [-0.25, -0.2) is 0 Å². The lowest BCUT2D eigenvalue weighted by molar-refractivity contribution is -0.164. The molecule has 0 aromatic heterocycles. The maximum atomic E-state index is 13.4. The average Bonchev–Trinajstić information content (AvgIpc) is 3.49. The van der Waals surface area contributed by atoms with E-state index in [1.165, 1.54) is 11.1 Å². The summed E-state index contributed by atoms with van der Waals surface area (Å²) in [5.41, 5.74) is 5.55. The second-order valence-corrected chi connectivity index (χ2v) is 16.9. The molecule has 0 bridgehead atoms. The van der Waals surface area contributed by atoms with Crippen LogP contribution in [0.15, 0.2) is 66.7 Å². The van der Waals surface area contributed by atoms with Crippen LogP contribution in [0, 0.1) is 22.2 Å². The zero-order chi connectivity index (χ0) is 39.1. The van der Waals surface area contributed by atoms with Crippen molar-refractivity contribution < 1.29 is 23.9 Å². The molecule has 2 N–H and O–H groups in total. The van der Waals surface area contributed by atoms with Gasteiger partial charge in [0.05, 0.1) is 10.6 Å². The van der Waals surface area contributed by atoms with Crippen LogP contribution in [-0.2, 0) is 22.6 Å². The normalized spacial score (nSPS) is 22.9. The Morgan fingerprint density at radius 3 is 2.44 bits per heavy atom. The zero-order valence-electron chi connectivity index (χ0n) is 31.9. The van der Waals surface area contributed by atoms with Crippen LogP contribution >= 0.6 is 11.6 Å². The Balaban J connectivity index is 0.848. The molecule has 0 radical (unpaired) electrons. The minimum absolute atomic E-state index is 0.0994. The molecule has 3 aliphatic heterocycles. The molecule has 1 unspecified atom stereocenters. The van der Waals surface area contributed by atoms with Gasteiger partial charge < -0.3 is 15.0 Å². The van der Waals surface area contributed by atoms with Crippen molar-refractivity contribution in [2.45, 2.75) is 91.0 Å². The van der Waals surface area contributed by atoms with Crippen LogP contribution in [0.25, 0.3) is 5.57 Å². The highest BCUT2D eigenvalue weighted by Gasteiger charge is 2.64. The van der Waals surface area contributed by atoms with E-state index < -0.39 is 6.04 Å². The molecule has 286 valence electrons. The Bertz CT molecular complexity index is 2090. The van der Waals surface area contributed by atoms with Gasteiger partial charge in [-0.3, -0.25) is 29.4 Å². The first kappa shape index (κ1) is 38.3. The van der Waals surface area contributed by atoms with Gasteiger partial charge in [0.15, 0.2) is 0 Å². The Morgan fingerprint density at radius 1 is 1.00 bits per heavy atom. The van der Waals surface area contributed by atoms with E-state index in [-0.39, 0.29) is 53.0 Å². The summed E-state index contributed by atoms with van der Waals surface area (Å²) in [6.07, 6.45) is 6.73. The fourth-order valence-corrected chi connectivity index (χ4v) is 9.46. The molecule has 1 saturated carbocycles. The van der Waals surface area contributed by atoms with E-state index in [1.54, 1.807) is 23.1 Å². The largest absolute Gasteiger partial charge is 0.489 e. The van der Waals surface area contributed by atoms with Crippen molar-refractivity contribution in [3.8, 4) is 11.8 Å². The number of piperidine rings is 1. The van der Waals surface area contributed by atoms with Gasteiger partial charge in [-0.15, -0.1) is 0 Å². The number of halogens is 1. The van der Waals surface area contributed by atoms with Gasteiger partial charge in [0.2, 0.25) is 11.8 Å². The number of benzene rings is 3. The second kappa shape index (κ2) is 15.3. The highest BCUT2D eigenvalue weighted by Crippen LogP contribution is 2.55. The SMILES string of the molecule is CC1(C)[C@H](NC(=O)c2ccc(CCCCN3CC=C(c4ccc5c(c4)CN(C4CCC(=O)NC4=O)C5=O)CC3)cc2)C(C)(C)[C@H]1Oc1ccc(C#N)c(Cl)c1. The molecule has 2 fully saturated rings. The van der Waals surface area contributed by atoms with Crippen molar-refractivity contribution in [2.75, 3.05) is 19.6 Å². The molecule has 10 nitrogen and oxygen atoms in total. The van der Waals surface area contributed by atoms with Crippen LogP contribution in [0.1, 0.15) is 103 Å². The number of carbonyl (C=O) groups excluding carboxylic acids is 4. The molecule has 7 rings (SSSR count). The first-order chi connectivity index (χ1) is 26.3. The van der Waals surface area contributed by atoms with Crippen LogP contribution in [0.3, 0.4) is 0 Å². The van der Waals surface area contributed by atoms with E-state index >= 15 is 0 Å². The van der Waals surface area contributed by atoms with Crippen molar-refractivity contribution in [1.29, 1.82) is 5.26 Å². The molecule has 4 aliphatic rings. The number of nitrogens with zero attached hydrogens (tertiary/aromatic N) is 3. The summed E-state index contributed by atoms with van der Waals surface area (Å²) < 4.78 is 6.36. The fourth-order valence-electron chi connectivity index (χ4n) is 9.25. The number of nitriles is 1. The number of unbranched alkanes of at least 4 members (excludes halogenated alkanes) is 1. The molecular weight excluding hydrogens is 714 g/mol. The number of carbonyl (C=O) groups is 4. The monoisotopic (exact) mass is 761 g/mol. The molecule has 3 aromatic carbocycles. The molecule has 1 atom stereocenters. The topological polar surface area (TPSA) is 132 Å². The van der Waals surface area contributed by atoms with E-state index in [0.717, 1.165) is 56.4 Å². The van der Waals surface area contributed by atoms with E-state index in [4.69, 9.17) is 16.3 Å². The maximum absolute atomic E-state index is 13.4. The van der Waals surface area contributed by atoms with Crippen LogP contribution < -0.4 is 15.4 Å². The van der Waals surface area contributed by atoms with Crippen LogP contribution in [-0.4, -0.2) is 71.3 Å². The van der Waals surface area contributed by atoms with Crippen LogP contribution in [0.5, 0.6) is 5.75 Å². The summed E-state index contributed by atoms with van der Waals surface area (Å²) in [6.45, 7) is 11.6. The van der Waals surface area contributed by atoms with Gasteiger partial charge in [0.1, 0.15) is 24.0 Å². The second-order valence-electron chi connectivity index (χ2n) is 16.5. The maximum Gasteiger partial charge on any atom is 0.255 e. The Kier molecular flexibility index (Phi) is 10.6. The van der Waals surface area contributed by atoms with Gasteiger partial charge in [-0.2, -0.15) is 5.26 Å². The lowest BCUT2D eigenvalue weighted by Gasteiger charge is -2.63. The summed E-state index contributed by atoms with van der Waals surface area (Å²) in [4.78, 5) is 54.5. The highest BCUT2D eigenvalue weighted by molar-refractivity contribution is 6.31. The average molecular weight is 762 g/mol. The minimum atomic E-state index is -0.604. The van der Waals surface area contributed by atoms with Crippen molar-refractivity contribution in [1.82, 2.24) is 20.4 Å². The van der Waals surface area contributed by atoms with Crippen molar-refractivity contribution >= 4 is 40.8 Å². The Morgan fingerprint density at radius 2 is 1.76 bits per heavy atom. The molecule has 55 heavy (non-hydrogen) atoms. The molecular formula is C44H48ClN5O5. The van der Waals surface area contributed by atoms with E-state index in [2.05, 4.69) is 73.6 Å². The molecule has 1 aliphatic carbocycles. The summed E-state index contributed by atoms with van der Waals surface area (Å²) in [7, 11) is 0. The fraction of sp³-hybridized carbons (Fsp3) is 0.432. The first-order valence-electron chi connectivity index (χ1n) is 19.2. The smallest absolute Gasteiger partial charge is 0.255 e. The van der Waals surface area contributed by atoms with E-state index in [1.807, 2.05) is 24.3 Å². The van der Waals surface area contributed by atoms with Gasteiger partial charge in [-0.05, 0) is 97.3 Å². The van der Waals surface area contributed by atoms with Gasteiger partial charge >= 0.3 is 0 Å². The number of amides is 4. The predicted molar refractivity (Wildman–Crippen MR) is 210 cm³/mol. The number of imide groups is 1. The van der Waals surface area contributed by atoms with Crippen LogP contribution in [0.4, 0.5) is 0 Å². The van der Waals surface area contributed by atoms with Gasteiger partial charge in [0, 0.05) is 60.1 Å². The summed E-state index contributed by atoms with van der Waals surface area (Å²) >= 11 is 6.24. The summed E-state index contributed by atoms with van der Waals surface area (Å²) in [5.74, 6) is -0.313. The first-order valence-corrected chi connectivity index (χ1v) is 19.6. The predicted octanol–water partition coefficient (Wildman–Crippen LogP) is 6.70.